The van der Waals surface area contributed by atoms with Gasteiger partial charge in [0.25, 0.3) is 0 Å². The maximum absolute atomic E-state index is 10.3. The monoisotopic (exact) mass is 300 g/mol. The van der Waals surface area contributed by atoms with Gasteiger partial charge in [0.15, 0.2) is 0 Å². The molecular formula is C17H20N2OS. The van der Waals surface area contributed by atoms with Crippen LogP contribution >= 0.6 is 11.8 Å². The quantitative estimate of drug-likeness (QED) is 0.891. The highest BCUT2D eigenvalue weighted by Gasteiger charge is 2.30. The van der Waals surface area contributed by atoms with Gasteiger partial charge in [0, 0.05) is 31.2 Å². The van der Waals surface area contributed by atoms with Crippen LogP contribution in [0, 0.1) is 0 Å². The van der Waals surface area contributed by atoms with Gasteiger partial charge in [0.2, 0.25) is 0 Å². The molecule has 3 nitrogen and oxygen atoms in total. The molecule has 2 aromatic rings. The van der Waals surface area contributed by atoms with Gasteiger partial charge < -0.3 is 10.4 Å². The van der Waals surface area contributed by atoms with E-state index in [2.05, 4.69) is 40.6 Å². The number of aliphatic hydroxyl groups is 1. The van der Waals surface area contributed by atoms with Crippen molar-refractivity contribution in [2.24, 2.45) is 0 Å². The van der Waals surface area contributed by atoms with E-state index in [1.54, 1.807) is 6.20 Å². The Kier molecular flexibility index (Phi) is 4.58. The van der Waals surface area contributed by atoms with E-state index in [0.717, 1.165) is 30.0 Å². The van der Waals surface area contributed by atoms with E-state index < -0.39 is 5.60 Å². The van der Waals surface area contributed by atoms with Crippen molar-refractivity contribution in [1.29, 1.82) is 0 Å². The van der Waals surface area contributed by atoms with Crippen molar-refractivity contribution >= 4 is 11.8 Å². The third-order valence-corrected chi connectivity index (χ3v) is 5.02. The molecule has 2 heterocycles. The minimum atomic E-state index is -0.522. The van der Waals surface area contributed by atoms with Crippen molar-refractivity contribution in [2.45, 2.75) is 18.6 Å². The molecule has 0 radical (unpaired) electrons. The molecule has 1 aliphatic heterocycles. The average molecular weight is 300 g/mol. The van der Waals surface area contributed by atoms with Gasteiger partial charge in [-0.15, -0.1) is 0 Å². The molecule has 3 rings (SSSR count). The molecule has 1 aromatic carbocycles. The smallest absolute Gasteiger partial charge is 0.0869 e. The summed E-state index contributed by atoms with van der Waals surface area (Å²) >= 11 is 1.83. The van der Waals surface area contributed by atoms with Gasteiger partial charge in [0.1, 0.15) is 0 Å². The van der Waals surface area contributed by atoms with Crippen molar-refractivity contribution in [1.82, 2.24) is 10.3 Å². The first-order valence-electron chi connectivity index (χ1n) is 7.25. The summed E-state index contributed by atoms with van der Waals surface area (Å²) in [5, 5.41) is 13.7. The summed E-state index contributed by atoms with van der Waals surface area (Å²) in [5.74, 6) is 1.91. The third-order valence-electron chi connectivity index (χ3n) is 3.79. The largest absolute Gasteiger partial charge is 0.388 e. The maximum atomic E-state index is 10.3. The summed E-state index contributed by atoms with van der Waals surface area (Å²) in [7, 11) is 0. The van der Waals surface area contributed by atoms with Gasteiger partial charge in [-0.05, 0) is 41.0 Å². The molecule has 0 spiro atoms. The fourth-order valence-corrected chi connectivity index (χ4v) is 3.86. The Morgan fingerprint density at radius 3 is 2.90 bits per heavy atom. The fraction of sp³-hybridized carbons (Fsp3) is 0.353. The molecule has 2 N–H and O–H groups in total. The van der Waals surface area contributed by atoms with Gasteiger partial charge in [-0.1, -0.05) is 24.3 Å². The second-order valence-corrected chi connectivity index (χ2v) is 6.68. The molecule has 1 atom stereocenters. The normalized spacial score (nSPS) is 21.6. The number of hydrogen-bond donors (Lipinski definition) is 2. The second kappa shape index (κ2) is 6.60. The van der Waals surface area contributed by atoms with E-state index in [-0.39, 0.29) is 0 Å². The van der Waals surface area contributed by atoms with Gasteiger partial charge in [0.05, 0.1) is 5.60 Å². The topological polar surface area (TPSA) is 45.1 Å². The molecule has 1 aromatic heterocycles. The highest BCUT2D eigenvalue weighted by molar-refractivity contribution is 7.99. The van der Waals surface area contributed by atoms with Crippen LogP contribution in [0.1, 0.15) is 12.0 Å². The first-order valence-corrected chi connectivity index (χ1v) is 8.41. The molecule has 1 aliphatic rings. The molecule has 0 amide bonds. The summed E-state index contributed by atoms with van der Waals surface area (Å²) in [6, 6.07) is 12.5. The lowest BCUT2D eigenvalue weighted by Gasteiger charge is -2.21. The molecule has 0 saturated carbocycles. The van der Waals surface area contributed by atoms with Crippen LogP contribution in [0.25, 0.3) is 11.1 Å². The third kappa shape index (κ3) is 3.84. The number of thioether (sulfide) groups is 1. The van der Waals surface area contributed by atoms with E-state index >= 15 is 0 Å². The number of rotatable bonds is 5. The summed E-state index contributed by atoms with van der Waals surface area (Å²) in [5.41, 5.74) is 3.01. The van der Waals surface area contributed by atoms with Crippen LogP contribution in [0.15, 0.2) is 48.8 Å². The Morgan fingerprint density at radius 1 is 1.24 bits per heavy atom. The zero-order valence-electron chi connectivity index (χ0n) is 12.0. The average Bonchev–Trinajstić information content (AvgIpc) is 2.95. The van der Waals surface area contributed by atoms with E-state index in [1.165, 1.54) is 11.1 Å². The van der Waals surface area contributed by atoms with Crippen LogP contribution in [0.5, 0.6) is 0 Å². The molecule has 0 aliphatic carbocycles. The molecule has 4 heteroatoms. The van der Waals surface area contributed by atoms with Crippen LogP contribution in [0.2, 0.25) is 0 Å². The zero-order chi connectivity index (χ0) is 14.5. The molecule has 110 valence electrons. The standard InChI is InChI=1S/C17H20N2OS/c20-17(6-8-21-13-17)12-19-10-14-3-1-4-15(9-14)16-5-2-7-18-11-16/h1-5,7,9,11,19-20H,6,8,10,12-13H2. The second-order valence-electron chi connectivity index (χ2n) is 5.57. The molecule has 1 fully saturated rings. The Labute approximate surface area is 129 Å². The summed E-state index contributed by atoms with van der Waals surface area (Å²) < 4.78 is 0. The minimum absolute atomic E-state index is 0.522. The Balaban J connectivity index is 1.61. The van der Waals surface area contributed by atoms with Crippen LogP contribution in [0.3, 0.4) is 0 Å². The maximum Gasteiger partial charge on any atom is 0.0869 e. The number of benzene rings is 1. The lowest BCUT2D eigenvalue weighted by atomic mass is 10.0. The SMILES string of the molecule is OC1(CNCc2cccc(-c3cccnc3)c2)CCSC1. The van der Waals surface area contributed by atoms with Gasteiger partial charge in [-0.3, -0.25) is 4.98 Å². The Morgan fingerprint density at radius 2 is 2.14 bits per heavy atom. The first-order chi connectivity index (χ1) is 10.3. The predicted octanol–water partition coefficient (Wildman–Crippen LogP) is 2.71. The van der Waals surface area contributed by atoms with Crippen LogP contribution in [-0.4, -0.2) is 33.7 Å². The van der Waals surface area contributed by atoms with Crippen molar-refractivity contribution in [2.75, 3.05) is 18.1 Å². The predicted molar refractivity (Wildman–Crippen MR) is 88.3 cm³/mol. The number of hydrogen-bond acceptors (Lipinski definition) is 4. The van der Waals surface area contributed by atoms with Crippen molar-refractivity contribution < 1.29 is 5.11 Å². The molecule has 1 saturated heterocycles. The number of nitrogens with zero attached hydrogens (tertiary/aromatic N) is 1. The zero-order valence-corrected chi connectivity index (χ0v) is 12.8. The summed E-state index contributed by atoms with van der Waals surface area (Å²) in [4.78, 5) is 4.16. The Hall–Kier alpha value is -1.36. The fourth-order valence-electron chi connectivity index (χ4n) is 2.57. The van der Waals surface area contributed by atoms with Crippen LogP contribution in [0.4, 0.5) is 0 Å². The lowest BCUT2D eigenvalue weighted by Crippen LogP contribution is -2.40. The first kappa shape index (κ1) is 14.6. The van der Waals surface area contributed by atoms with E-state index in [0.29, 0.717) is 6.54 Å². The van der Waals surface area contributed by atoms with E-state index in [9.17, 15) is 5.11 Å². The number of pyridine rings is 1. The Bertz CT molecular complexity index is 582. The highest BCUT2D eigenvalue weighted by Crippen LogP contribution is 2.27. The van der Waals surface area contributed by atoms with Crippen molar-refractivity contribution in [3.05, 3.63) is 54.4 Å². The van der Waals surface area contributed by atoms with Gasteiger partial charge in [-0.25, -0.2) is 0 Å². The summed E-state index contributed by atoms with van der Waals surface area (Å²) in [6.45, 7) is 1.44. The van der Waals surface area contributed by atoms with Gasteiger partial charge in [-0.2, -0.15) is 11.8 Å². The van der Waals surface area contributed by atoms with Crippen LogP contribution < -0.4 is 5.32 Å². The number of nitrogens with one attached hydrogen (secondary N) is 1. The highest BCUT2D eigenvalue weighted by atomic mass is 32.2. The van der Waals surface area contributed by atoms with Gasteiger partial charge >= 0.3 is 0 Å². The van der Waals surface area contributed by atoms with Crippen molar-refractivity contribution in [3.63, 3.8) is 0 Å². The lowest BCUT2D eigenvalue weighted by molar-refractivity contribution is 0.0675. The van der Waals surface area contributed by atoms with Crippen molar-refractivity contribution in [3.8, 4) is 11.1 Å². The molecular weight excluding hydrogens is 280 g/mol. The van der Waals surface area contributed by atoms with E-state index in [4.69, 9.17) is 0 Å². The molecule has 0 bridgehead atoms. The number of aromatic nitrogens is 1. The molecule has 21 heavy (non-hydrogen) atoms. The minimum Gasteiger partial charge on any atom is -0.388 e. The molecule has 1 unspecified atom stereocenters. The van der Waals surface area contributed by atoms with E-state index in [1.807, 2.05) is 24.0 Å². The summed E-state index contributed by atoms with van der Waals surface area (Å²) in [6.07, 6.45) is 4.56. The van der Waals surface area contributed by atoms with Crippen LogP contribution in [-0.2, 0) is 6.54 Å².